The fourth-order valence-electron chi connectivity index (χ4n) is 4.54. The molecule has 1 aliphatic rings. The lowest BCUT2D eigenvalue weighted by molar-refractivity contribution is 0.112. The largest absolute Gasteiger partial charge is 0.298 e. The highest BCUT2D eigenvalue weighted by molar-refractivity contribution is 5.84. The number of fused-ring (bicyclic) bond motifs is 3. The fourth-order valence-corrected chi connectivity index (χ4v) is 4.54. The Morgan fingerprint density at radius 3 is 2.28 bits per heavy atom. The Balaban J connectivity index is 1.53. The van der Waals surface area contributed by atoms with Crippen molar-refractivity contribution in [3.05, 3.63) is 119 Å². The number of rotatable bonds is 5. The van der Waals surface area contributed by atoms with Gasteiger partial charge in [-0.1, -0.05) is 84.9 Å². The van der Waals surface area contributed by atoms with E-state index in [2.05, 4.69) is 78.9 Å². The second-order valence-electron chi connectivity index (χ2n) is 7.71. The highest BCUT2D eigenvalue weighted by atomic mass is 16.1. The number of aldehydes is 1. The van der Waals surface area contributed by atoms with E-state index < -0.39 is 0 Å². The maximum atomic E-state index is 11.2. The summed E-state index contributed by atoms with van der Waals surface area (Å²) < 4.78 is 0. The minimum atomic E-state index is 0.428. The molecule has 1 heteroatoms. The van der Waals surface area contributed by atoms with Crippen molar-refractivity contribution in [1.82, 2.24) is 0 Å². The van der Waals surface area contributed by atoms with Crippen molar-refractivity contribution in [1.29, 1.82) is 0 Å². The molecule has 0 aliphatic heterocycles. The van der Waals surface area contributed by atoms with E-state index in [-0.39, 0.29) is 0 Å². The van der Waals surface area contributed by atoms with Crippen LogP contribution in [0.25, 0.3) is 22.3 Å². The first-order chi connectivity index (χ1) is 14.3. The number of hydrogen-bond donors (Lipinski definition) is 0. The molecule has 0 fully saturated rings. The van der Waals surface area contributed by atoms with Gasteiger partial charge in [-0.2, -0.15) is 0 Å². The summed E-state index contributed by atoms with van der Waals surface area (Å²) in [5.74, 6) is 0.428. The molecule has 1 unspecified atom stereocenters. The second-order valence-corrected chi connectivity index (χ2v) is 7.71. The summed E-state index contributed by atoms with van der Waals surface area (Å²) in [6.45, 7) is 0. The van der Waals surface area contributed by atoms with Crippen molar-refractivity contribution in [3.63, 3.8) is 0 Å². The van der Waals surface area contributed by atoms with Gasteiger partial charge in [0.05, 0.1) is 0 Å². The Hall–Kier alpha value is -3.45. The fraction of sp³-hybridized carbons (Fsp3) is 0.107. The molecule has 0 saturated heterocycles. The van der Waals surface area contributed by atoms with Crippen LogP contribution in [0.2, 0.25) is 0 Å². The highest BCUT2D eigenvalue weighted by Crippen LogP contribution is 2.47. The number of aryl methyl sites for hydroxylation is 1. The summed E-state index contributed by atoms with van der Waals surface area (Å²) in [5.41, 5.74) is 9.86. The van der Waals surface area contributed by atoms with Crippen LogP contribution in [0.3, 0.4) is 0 Å². The smallest absolute Gasteiger partial charge is 0.150 e. The van der Waals surface area contributed by atoms with Crippen molar-refractivity contribution in [2.24, 2.45) is 0 Å². The van der Waals surface area contributed by atoms with E-state index in [0.29, 0.717) is 11.5 Å². The van der Waals surface area contributed by atoms with E-state index in [1.807, 2.05) is 18.2 Å². The molecule has 4 aromatic rings. The third-order valence-electron chi connectivity index (χ3n) is 5.98. The summed E-state index contributed by atoms with van der Waals surface area (Å²) in [6, 6.07) is 34.1. The van der Waals surface area contributed by atoms with Crippen molar-refractivity contribution in [2.45, 2.75) is 18.8 Å². The predicted molar refractivity (Wildman–Crippen MR) is 119 cm³/mol. The predicted octanol–water partition coefficient (Wildman–Crippen LogP) is 6.91. The first kappa shape index (κ1) is 17.6. The zero-order chi connectivity index (χ0) is 19.6. The molecule has 5 rings (SSSR count). The molecule has 0 heterocycles. The van der Waals surface area contributed by atoms with Gasteiger partial charge in [0.1, 0.15) is 6.29 Å². The molecule has 1 nitrogen and oxygen atoms in total. The zero-order valence-corrected chi connectivity index (χ0v) is 16.2. The molecule has 0 N–H and O–H groups in total. The van der Waals surface area contributed by atoms with Gasteiger partial charge in [0.2, 0.25) is 0 Å². The van der Waals surface area contributed by atoms with Gasteiger partial charge >= 0.3 is 0 Å². The molecule has 1 atom stereocenters. The van der Waals surface area contributed by atoms with Gasteiger partial charge in [-0.15, -0.1) is 0 Å². The number of carbonyl (C=O) groups excluding carboxylic acids is 1. The number of hydrogen-bond acceptors (Lipinski definition) is 1. The molecule has 29 heavy (non-hydrogen) atoms. The first-order valence-electron chi connectivity index (χ1n) is 10.2. The third kappa shape index (κ3) is 3.30. The van der Waals surface area contributed by atoms with Gasteiger partial charge in [-0.05, 0) is 63.9 Å². The van der Waals surface area contributed by atoms with Crippen LogP contribution < -0.4 is 0 Å². The highest BCUT2D eigenvalue weighted by Gasteiger charge is 2.28. The van der Waals surface area contributed by atoms with Gasteiger partial charge < -0.3 is 0 Å². The summed E-state index contributed by atoms with van der Waals surface area (Å²) in [5, 5.41) is 0. The van der Waals surface area contributed by atoms with Crippen LogP contribution in [0.5, 0.6) is 0 Å². The van der Waals surface area contributed by atoms with E-state index in [9.17, 15) is 4.79 Å². The molecular formula is C28H22O. The molecule has 0 aromatic heterocycles. The monoisotopic (exact) mass is 374 g/mol. The summed E-state index contributed by atoms with van der Waals surface area (Å²) in [7, 11) is 0. The normalized spacial score (nSPS) is 14.3. The molecular weight excluding hydrogens is 352 g/mol. The average molecular weight is 374 g/mol. The molecule has 0 saturated carbocycles. The van der Waals surface area contributed by atoms with Crippen LogP contribution in [0.15, 0.2) is 97.1 Å². The second kappa shape index (κ2) is 7.52. The lowest BCUT2D eigenvalue weighted by atomic mass is 9.90. The third-order valence-corrected chi connectivity index (χ3v) is 5.98. The molecule has 0 spiro atoms. The molecule has 0 bridgehead atoms. The van der Waals surface area contributed by atoms with E-state index in [1.165, 1.54) is 27.8 Å². The first-order valence-corrected chi connectivity index (χ1v) is 10.2. The zero-order valence-electron chi connectivity index (χ0n) is 16.2. The Labute approximate surface area is 171 Å². The SMILES string of the molecule is O=Cc1cccc(-c2ccc3c(c2)-c2ccccc2C3CCc2ccccc2)c1. The lowest BCUT2D eigenvalue weighted by Gasteiger charge is -2.14. The van der Waals surface area contributed by atoms with Crippen LogP contribution in [-0.2, 0) is 6.42 Å². The van der Waals surface area contributed by atoms with Crippen molar-refractivity contribution < 1.29 is 4.79 Å². The molecule has 1 aliphatic carbocycles. The van der Waals surface area contributed by atoms with Crippen LogP contribution >= 0.6 is 0 Å². The maximum absolute atomic E-state index is 11.2. The Kier molecular flexibility index (Phi) is 4.57. The standard InChI is InChI=1S/C28H22O/c29-19-21-9-6-10-22(17-21)23-14-16-27-26(15-13-20-7-2-1-3-8-20)24-11-4-5-12-25(24)28(27)18-23/h1-12,14,16-19,26H,13,15H2. The quantitative estimate of drug-likeness (QED) is 0.347. The number of benzene rings is 4. The van der Waals surface area contributed by atoms with Gasteiger partial charge in [-0.25, -0.2) is 0 Å². The molecule has 4 aromatic carbocycles. The van der Waals surface area contributed by atoms with Gasteiger partial charge in [0.25, 0.3) is 0 Å². The number of carbonyl (C=O) groups is 1. The molecule has 0 amide bonds. The van der Waals surface area contributed by atoms with E-state index in [1.54, 1.807) is 0 Å². The average Bonchev–Trinajstić information content (AvgIpc) is 3.11. The molecule has 140 valence electrons. The van der Waals surface area contributed by atoms with E-state index in [4.69, 9.17) is 0 Å². The van der Waals surface area contributed by atoms with Gasteiger partial charge in [0.15, 0.2) is 0 Å². The van der Waals surface area contributed by atoms with Gasteiger partial charge in [-0.3, -0.25) is 4.79 Å². The van der Waals surface area contributed by atoms with Crippen LogP contribution in [-0.4, -0.2) is 6.29 Å². The van der Waals surface area contributed by atoms with E-state index in [0.717, 1.165) is 30.3 Å². The summed E-state index contributed by atoms with van der Waals surface area (Å²) >= 11 is 0. The van der Waals surface area contributed by atoms with E-state index >= 15 is 0 Å². The van der Waals surface area contributed by atoms with Crippen LogP contribution in [0.1, 0.15) is 39.4 Å². The lowest BCUT2D eigenvalue weighted by Crippen LogP contribution is -1.99. The maximum Gasteiger partial charge on any atom is 0.150 e. The minimum Gasteiger partial charge on any atom is -0.298 e. The topological polar surface area (TPSA) is 17.1 Å². The summed E-state index contributed by atoms with van der Waals surface area (Å²) in [6.07, 6.45) is 3.09. The van der Waals surface area contributed by atoms with Crippen LogP contribution in [0, 0.1) is 0 Å². The molecule has 0 radical (unpaired) electrons. The minimum absolute atomic E-state index is 0.428. The Morgan fingerprint density at radius 2 is 1.41 bits per heavy atom. The van der Waals surface area contributed by atoms with Gasteiger partial charge in [0, 0.05) is 11.5 Å². The summed E-state index contributed by atoms with van der Waals surface area (Å²) in [4.78, 5) is 11.2. The van der Waals surface area contributed by atoms with Crippen molar-refractivity contribution >= 4 is 6.29 Å². The van der Waals surface area contributed by atoms with Crippen molar-refractivity contribution in [3.8, 4) is 22.3 Å². The van der Waals surface area contributed by atoms with Crippen LogP contribution in [0.4, 0.5) is 0 Å². The van der Waals surface area contributed by atoms with Crippen molar-refractivity contribution in [2.75, 3.05) is 0 Å². The Bertz CT molecular complexity index is 1170. The Morgan fingerprint density at radius 1 is 0.655 bits per heavy atom.